The zero-order valence-corrected chi connectivity index (χ0v) is 29.0. The minimum atomic E-state index is -2.04. The van der Waals surface area contributed by atoms with Crippen molar-refractivity contribution in [1.29, 1.82) is 0 Å². The Balaban J connectivity index is 0.925. The molecule has 1 atom stereocenters. The van der Waals surface area contributed by atoms with Crippen LogP contribution in [0.15, 0.2) is 95.4 Å². The third-order valence-electron chi connectivity index (χ3n) is 10.7. The number of aliphatic hydroxyl groups is 1. The van der Waals surface area contributed by atoms with Gasteiger partial charge in [-0.05, 0) is 79.3 Å². The Morgan fingerprint density at radius 3 is 2.40 bits per heavy atom. The minimum Gasteiger partial charge on any atom is -0.459 e. The van der Waals surface area contributed by atoms with Gasteiger partial charge in [0.2, 0.25) is 0 Å². The van der Waals surface area contributed by atoms with Crippen LogP contribution in [-0.4, -0.2) is 59.5 Å². The van der Waals surface area contributed by atoms with E-state index in [4.69, 9.17) is 14.5 Å². The van der Waals surface area contributed by atoms with Gasteiger partial charge in [-0.25, -0.2) is 9.78 Å². The molecule has 3 aromatic carbocycles. The van der Waals surface area contributed by atoms with E-state index in [1.54, 1.807) is 17.6 Å². The van der Waals surface area contributed by atoms with Gasteiger partial charge in [0, 0.05) is 35.0 Å². The number of fused-ring (bicyclic) bond motifs is 5. The Labute approximate surface area is 291 Å². The summed E-state index contributed by atoms with van der Waals surface area (Å²) in [5.41, 5.74) is 7.19. The van der Waals surface area contributed by atoms with Gasteiger partial charge >= 0.3 is 11.9 Å². The Morgan fingerprint density at radius 1 is 1.02 bits per heavy atom. The molecule has 3 aliphatic heterocycles. The van der Waals surface area contributed by atoms with Crippen molar-refractivity contribution in [1.82, 2.24) is 14.5 Å². The molecule has 0 bridgehead atoms. The molecule has 2 aromatic heterocycles. The number of hydrogen-bond acceptors (Lipinski definition) is 8. The van der Waals surface area contributed by atoms with Crippen LogP contribution in [0.3, 0.4) is 0 Å². The van der Waals surface area contributed by atoms with Gasteiger partial charge in [-0.15, -0.1) is 0 Å². The predicted octanol–water partition coefficient (Wildman–Crippen LogP) is 5.40. The Hall–Kier alpha value is -4.77. The maximum Gasteiger partial charge on any atom is 0.338 e. The molecule has 0 unspecified atom stereocenters. The topological polar surface area (TPSA) is 111 Å². The molecule has 1 fully saturated rings. The third kappa shape index (κ3) is 5.91. The Bertz CT molecular complexity index is 2120. The summed E-state index contributed by atoms with van der Waals surface area (Å²) in [4.78, 5) is 46.5. The summed E-state index contributed by atoms with van der Waals surface area (Å²) in [6.07, 6.45) is 2.44. The number of aromatic nitrogens is 2. The van der Waals surface area contributed by atoms with Crippen LogP contribution in [0.5, 0.6) is 5.75 Å². The van der Waals surface area contributed by atoms with Crippen LogP contribution in [0, 0.1) is 5.92 Å². The van der Waals surface area contributed by atoms with E-state index in [9.17, 15) is 19.5 Å². The quantitative estimate of drug-likeness (QED) is 0.129. The van der Waals surface area contributed by atoms with E-state index in [0.29, 0.717) is 46.7 Å². The monoisotopic (exact) mass is 685 g/mol. The van der Waals surface area contributed by atoms with E-state index >= 15 is 0 Å². The lowest BCUT2D eigenvalue weighted by molar-refractivity contribution is -0.165. The van der Waals surface area contributed by atoms with E-state index < -0.39 is 19.6 Å². The van der Waals surface area contributed by atoms with Crippen LogP contribution in [0.4, 0.5) is 0 Å². The summed E-state index contributed by atoms with van der Waals surface area (Å²) in [6.45, 7) is 4.81. The van der Waals surface area contributed by atoms with E-state index in [2.05, 4.69) is 65.6 Å². The fraction of sp³-hybridized carbons (Fsp3) is 0.325. The summed E-state index contributed by atoms with van der Waals surface area (Å²) in [6, 6.07) is 28.7. The zero-order valence-electron chi connectivity index (χ0n) is 28.0. The Kier molecular flexibility index (Phi) is 8.54. The molecule has 0 radical (unpaired) electrons. The van der Waals surface area contributed by atoms with E-state index in [1.165, 1.54) is 11.1 Å². The lowest BCUT2D eigenvalue weighted by Gasteiger charge is -2.34. The predicted molar refractivity (Wildman–Crippen MR) is 191 cm³/mol. The summed E-state index contributed by atoms with van der Waals surface area (Å²) >= 11 is 0. The molecule has 1 N–H and O–H groups in total. The van der Waals surface area contributed by atoms with Crippen LogP contribution in [0.1, 0.15) is 60.4 Å². The summed E-state index contributed by atoms with van der Waals surface area (Å²) in [5.74, 6) is 0.140. The number of esters is 2. The molecule has 254 valence electrons. The lowest BCUT2D eigenvalue weighted by Crippen LogP contribution is -2.51. The molecule has 9 nitrogen and oxygen atoms in total. The van der Waals surface area contributed by atoms with Crippen LogP contribution in [0.25, 0.3) is 22.3 Å². The van der Waals surface area contributed by atoms with Gasteiger partial charge in [0.05, 0.1) is 23.4 Å². The highest BCUT2D eigenvalue weighted by molar-refractivity contribution is 6.60. The summed E-state index contributed by atoms with van der Waals surface area (Å²) < 4.78 is 12.7. The SMILES string of the molecule is CC[C@@]1(O)C(=O)OCc2c(=O)n3c(c[si]21)-c1nc2ccc(OC(=O)CC4CCN(CC(c5ccccc5)c5ccccc5)CC4)cc2cc1C3. The Morgan fingerprint density at radius 2 is 1.72 bits per heavy atom. The van der Waals surface area contributed by atoms with Crippen LogP contribution < -0.4 is 10.3 Å². The average molecular weight is 686 g/mol. The van der Waals surface area contributed by atoms with Gasteiger partial charge in [-0.3, -0.25) is 9.59 Å². The fourth-order valence-electron chi connectivity index (χ4n) is 7.84. The van der Waals surface area contributed by atoms with E-state index in [1.807, 2.05) is 23.9 Å². The van der Waals surface area contributed by atoms with Gasteiger partial charge in [0.1, 0.15) is 20.8 Å². The second-order valence-electron chi connectivity index (χ2n) is 13.7. The van der Waals surface area contributed by atoms with Crippen molar-refractivity contribution in [2.24, 2.45) is 5.92 Å². The van der Waals surface area contributed by atoms with Crippen molar-refractivity contribution >= 4 is 31.2 Å². The maximum absolute atomic E-state index is 13.5. The van der Waals surface area contributed by atoms with E-state index in [-0.39, 0.29) is 30.5 Å². The standard InChI is InChI=1S/C40H39N3O6Si/c1-2-40(47)39(46)48-24-35-38(45)43-22-30-20-29-21-31(13-14-33(29)41-37(30)34(43)25-50(35)40)49-36(44)19-26-15-17-42(18-16-26)23-32(27-9-5-3-6-10-27)28-11-7-4-8-12-28/h3-14,20-21,25-26,32,47H,2,15-19,22-24H2,1H3/t40-/m0/s1. The smallest absolute Gasteiger partial charge is 0.338 e. The number of likely N-dealkylation sites (tertiary alicyclic amines) is 1. The zero-order chi connectivity index (χ0) is 34.4. The van der Waals surface area contributed by atoms with Crippen molar-refractivity contribution in [2.45, 2.75) is 56.9 Å². The molecular formula is C40H39N3O6Si. The molecule has 8 rings (SSSR count). The number of pyridine rings is 1. The highest BCUT2D eigenvalue weighted by atomic mass is 28.2. The molecule has 5 aromatic rings. The molecule has 10 heteroatoms. The first-order valence-corrected chi connectivity index (χ1v) is 19.0. The number of carbonyl (C=O) groups excluding carboxylic acids is 2. The lowest BCUT2D eigenvalue weighted by atomic mass is 9.88. The normalized spacial score (nSPS) is 18.8. The maximum atomic E-state index is 13.5. The van der Waals surface area contributed by atoms with Crippen molar-refractivity contribution in [3.8, 4) is 17.1 Å². The van der Waals surface area contributed by atoms with Crippen molar-refractivity contribution < 1.29 is 24.2 Å². The van der Waals surface area contributed by atoms with Gasteiger partial charge in [0.15, 0.2) is 5.22 Å². The first-order valence-electron chi connectivity index (χ1n) is 17.4. The van der Waals surface area contributed by atoms with Gasteiger partial charge in [-0.1, -0.05) is 67.6 Å². The van der Waals surface area contributed by atoms with Gasteiger partial charge in [-0.2, -0.15) is 0 Å². The third-order valence-corrected chi connectivity index (χ3v) is 13.7. The van der Waals surface area contributed by atoms with Gasteiger partial charge in [0.25, 0.3) is 5.56 Å². The van der Waals surface area contributed by atoms with E-state index in [0.717, 1.165) is 43.4 Å². The molecule has 3 aliphatic rings. The number of cyclic esters (lactones) is 1. The first kappa shape index (κ1) is 32.4. The van der Waals surface area contributed by atoms with Crippen molar-refractivity contribution in [3.05, 3.63) is 123 Å². The number of rotatable bonds is 8. The second-order valence-corrected chi connectivity index (χ2v) is 16.3. The van der Waals surface area contributed by atoms with Crippen LogP contribution >= 0.6 is 0 Å². The highest BCUT2D eigenvalue weighted by Gasteiger charge is 2.45. The largest absolute Gasteiger partial charge is 0.459 e. The molecule has 5 heterocycles. The highest BCUT2D eigenvalue weighted by Crippen LogP contribution is 2.35. The molecule has 0 aliphatic carbocycles. The number of piperidine rings is 1. The average Bonchev–Trinajstić information content (AvgIpc) is 3.50. The number of nitrogens with zero attached hydrogens (tertiary/aromatic N) is 3. The van der Waals surface area contributed by atoms with Crippen LogP contribution in [-0.2, 0) is 32.7 Å². The van der Waals surface area contributed by atoms with Crippen molar-refractivity contribution in [3.63, 3.8) is 0 Å². The molecular weight excluding hydrogens is 647 g/mol. The number of benzene rings is 3. The molecule has 1 saturated heterocycles. The van der Waals surface area contributed by atoms with Crippen LogP contribution in [0.2, 0.25) is 0 Å². The number of hydrogen-bond donors (Lipinski definition) is 1. The summed E-state index contributed by atoms with van der Waals surface area (Å²) in [5, 5.41) is 10.8. The minimum absolute atomic E-state index is 0.0862. The molecule has 0 saturated carbocycles. The fourth-order valence-corrected chi connectivity index (χ4v) is 10.6. The summed E-state index contributed by atoms with van der Waals surface area (Å²) in [7, 11) is -2.04. The van der Waals surface area contributed by atoms with Gasteiger partial charge < -0.3 is 24.0 Å². The first-order chi connectivity index (χ1) is 24.3. The van der Waals surface area contributed by atoms with Crippen molar-refractivity contribution in [2.75, 3.05) is 19.6 Å². The molecule has 50 heavy (non-hydrogen) atoms. The number of carbonyl (C=O) groups is 2. The molecule has 0 spiro atoms. The molecule has 0 amide bonds. The second kappa shape index (κ2) is 13.2. The number of ether oxygens (including phenoxy) is 2.